The Morgan fingerprint density at radius 1 is 0.891 bits per heavy atom. The summed E-state index contributed by atoms with van der Waals surface area (Å²) in [5.41, 5.74) is 2.75. The number of piperidine rings is 2. The van der Waals surface area contributed by atoms with Crippen LogP contribution in [0, 0.1) is 11.3 Å². The number of nitrogens with zero attached hydrogens (tertiary/aromatic N) is 5. The number of anilines is 2. The number of imide groups is 1. The van der Waals surface area contributed by atoms with Gasteiger partial charge in [-0.2, -0.15) is 18.4 Å². The summed E-state index contributed by atoms with van der Waals surface area (Å²) in [6.45, 7) is 6.65. The van der Waals surface area contributed by atoms with E-state index in [2.05, 4.69) is 27.2 Å². The van der Waals surface area contributed by atoms with Crippen molar-refractivity contribution in [1.82, 2.24) is 15.1 Å². The molecule has 3 fully saturated rings. The van der Waals surface area contributed by atoms with E-state index >= 15 is 0 Å². The molecular weight excluding hydrogens is 713 g/mol. The van der Waals surface area contributed by atoms with Gasteiger partial charge in [0, 0.05) is 71.1 Å². The predicted octanol–water partition coefficient (Wildman–Crippen LogP) is 5.96. The molecule has 4 aliphatic rings. The number of methoxy groups -OCH3 is 1. The molecule has 3 aromatic rings. The summed E-state index contributed by atoms with van der Waals surface area (Å²) >= 11 is 0. The highest BCUT2D eigenvalue weighted by Gasteiger charge is 2.41. The topological polar surface area (TPSA) is 118 Å². The van der Waals surface area contributed by atoms with Gasteiger partial charge in [0.15, 0.2) is 0 Å². The van der Waals surface area contributed by atoms with Crippen LogP contribution in [-0.2, 0) is 22.3 Å². The molecule has 0 spiro atoms. The lowest BCUT2D eigenvalue weighted by Gasteiger charge is -2.36. The molecule has 11 nitrogen and oxygen atoms in total. The molecule has 0 saturated carbocycles. The Labute approximate surface area is 320 Å². The van der Waals surface area contributed by atoms with Crippen LogP contribution >= 0.6 is 0 Å². The third kappa shape index (κ3) is 8.37. The molecule has 0 radical (unpaired) electrons. The zero-order valence-electron chi connectivity index (χ0n) is 30.9. The number of piperazine rings is 1. The van der Waals surface area contributed by atoms with E-state index < -0.39 is 23.7 Å². The fourth-order valence-electron chi connectivity index (χ4n) is 8.22. The monoisotopic (exact) mass is 760 g/mol. The van der Waals surface area contributed by atoms with Crippen molar-refractivity contribution in [2.24, 2.45) is 0 Å². The number of halogens is 3. The van der Waals surface area contributed by atoms with Crippen molar-refractivity contribution >= 4 is 29.1 Å². The lowest BCUT2D eigenvalue weighted by molar-refractivity contribution is -0.138. The maximum absolute atomic E-state index is 13.5. The Morgan fingerprint density at radius 3 is 2.29 bits per heavy atom. The van der Waals surface area contributed by atoms with Crippen LogP contribution in [0.2, 0.25) is 0 Å². The van der Waals surface area contributed by atoms with Crippen LogP contribution in [0.5, 0.6) is 11.5 Å². The average Bonchev–Trinajstić information content (AvgIpc) is 3.52. The summed E-state index contributed by atoms with van der Waals surface area (Å²) in [7, 11) is 1.55. The number of fused-ring (bicyclic) bond motifs is 1. The number of amides is 3. The normalized spacial score (nSPS) is 19.7. The maximum Gasteiger partial charge on any atom is 0.417 e. The number of rotatable bonds is 11. The van der Waals surface area contributed by atoms with Crippen LogP contribution in [-0.4, -0.2) is 93.1 Å². The first-order valence-electron chi connectivity index (χ1n) is 18.9. The van der Waals surface area contributed by atoms with Crippen LogP contribution in [0.15, 0.2) is 54.6 Å². The molecule has 3 saturated heterocycles. The Hall–Kier alpha value is -5.29. The first-order valence-corrected chi connectivity index (χ1v) is 18.9. The second-order valence-corrected chi connectivity index (χ2v) is 14.6. The predicted molar refractivity (Wildman–Crippen MR) is 201 cm³/mol. The zero-order chi connectivity index (χ0) is 38.7. The van der Waals surface area contributed by atoms with Gasteiger partial charge in [0.2, 0.25) is 11.8 Å². The van der Waals surface area contributed by atoms with E-state index in [-0.39, 0.29) is 25.2 Å². The van der Waals surface area contributed by atoms with Crippen molar-refractivity contribution in [3.8, 4) is 17.6 Å². The van der Waals surface area contributed by atoms with Gasteiger partial charge in [-0.3, -0.25) is 24.6 Å². The quantitative estimate of drug-likeness (QED) is 0.187. The van der Waals surface area contributed by atoms with E-state index in [4.69, 9.17) is 14.7 Å². The summed E-state index contributed by atoms with van der Waals surface area (Å²) in [5, 5.41) is 11.4. The van der Waals surface area contributed by atoms with E-state index in [1.807, 2.05) is 29.2 Å². The van der Waals surface area contributed by atoms with Crippen LogP contribution in [0.3, 0.4) is 0 Å². The van der Waals surface area contributed by atoms with Gasteiger partial charge in [-0.25, -0.2) is 0 Å². The van der Waals surface area contributed by atoms with Gasteiger partial charge in [-0.1, -0.05) is 12.1 Å². The molecule has 4 heterocycles. The van der Waals surface area contributed by atoms with Crippen molar-refractivity contribution in [2.75, 3.05) is 69.3 Å². The van der Waals surface area contributed by atoms with Crippen molar-refractivity contribution in [2.45, 2.75) is 63.2 Å². The molecule has 55 heavy (non-hydrogen) atoms. The van der Waals surface area contributed by atoms with E-state index in [1.54, 1.807) is 24.1 Å². The van der Waals surface area contributed by atoms with Gasteiger partial charge in [-0.05, 0) is 92.1 Å². The Morgan fingerprint density at radius 2 is 1.62 bits per heavy atom. The molecule has 3 amide bonds. The van der Waals surface area contributed by atoms with Crippen molar-refractivity contribution in [1.29, 1.82) is 5.26 Å². The third-order valence-electron chi connectivity index (χ3n) is 11.3. The number of nitriles is 1. The summed E-state index contributed by atoms with van der Waals surface area (Å²) in [5.74, 6) is 0.647. The second kappa shape index (κ2) is 16.2. The number of alkyl halides is 3. The van der Waals surface area contributed by atoms with Crippen molar-refractivity contribution in [3.63, 3.8) is 0 Å². The van der Waals surface area contributed by atoms with Gasteiger partial charge < -0.3 is 24.2 Å². The fourth-order valence-corrected chi connectivity index (χ4v) is 8.22. The van der Waals surface area contributed by atoms with Gasteiger partial charge in [-0.15, -0.1) is 0 Å². The van der Waals surface area contributed by atoms with E-state index in [1.165, 1.54) is 11.6 Å². The average molecular weight is 761 g/mol. The minimum Gasteiger partial charge on any atom is -0.496 e. The fraction of sp³-hybridized carbons (Fsp3) is 0.463. The Kier molecular flexibility index (Phi) is 11.2. The van der Waals surface area contributed by atoms with Crippen molar-refractivity contribution < 1.29 is 38.5 Å². The van der Waals surface area contributed by atoms with Crippen molar-refractivity contribution in [3.05, 3.63) is 82.4 Å². The van der Waals surface area contributed by atoms with Gasteiger partial charge in [0.25, 0.3) is 5.91 Å². The molecule has 292 valence electrons. The molecule has 4 aliphatic heterocycles. The van der Waals surface area contributed by atoms with Gasteiger partial charge in [0.05, 0.1) is 36.5 Å². The summed E-state index contributed by atoms with van der Waals surface area (Å²) in [6, 6.07) is 17.0. The molecular formula is C41H47F3N6O5. The second-order valence-electron chi connectivity index (χ2n) is 14.6. The molecule has 1 unspecified atom stereocenters. The number of hydrogen-bond donors (Lipinski definition) is 1. The smallest absolute Gasteiger partial charge is 0.417 e. The molecule has 7 rings (SSSR count). The number of carbonyl (C=O) groups is 3. The lowest BCUT2D eigenvalue weighted by atomic mass is 9.89. The number of hydrogen-bond acceptors (Lipinski definition) is 9. The van der Waals surface area contributed by atoms with Crippen LogP contribution in [0.4, 0.5) is 24.5 Å². The summed E-state index contributed by atoms with van der Waals surface area (Å²) in [4.78, 5) is 45.7. The Balaban J connectivity index is 0.00000532. The summed E-state index contributed by atoms with van der Waals surface area (Å²) in [6.07, 6.45) is -0.470. The number of benzene rings is 3. The van der Waals surface area contributed by atoms with E-state index in [0.29, 0.717) is 55.6 Å². The first kappa shape index (κ1) is 38.0. The zero-order valence-corrected chi connectivity index (χ0v) is 30.9. The highest BCUT2D eigenvalue weighted by Crippen LogP contribution is 2.39. The number of nitrogens with one attached hydrogen (secondary N) is 1. The number of ether oxygens (including phenoxy) is 2. The third-order valence-corrected chi connectivity index (χ3v) is 11.3. The maximum atomic E-state index is 13.5. The van der Waals surface area contributed by atoms with Crippen LogP contribution in [0.1, 0.15) is 78.5 Å². The SMILES string of the molecule is COc1cc(N2CCN(CCCCOc3ccc(C4CCN(c5ccc(C#N)c(C(F)(F)F)c5)CC4)cc3)CC2)cc2c1C(=O)N(C1CCC(=O)NC1=O)C2.[HH]. The molecule has 0 bridgehead atoms. The largest absolute Gasteiger partial charge is 0.496 e. The van der Waals surface area contributed by atoms with Crippen LogP contribution < -0.4 is 24.6 Å². The lowest BCUT2D eigenvalue weighted by Crippen LogP contribution is -2.52. The first-order chi connectivity index (χ1) is 26.5. The van der Waals surface area contributed by atoms with Gasteiger partial charge >= 0.3 is 6.18 Å². The standard InChI is InChI=1S/C41H45F3N6O5.H2/c1-54-36-24-32(22-30-26-50(40(53)38(30)36)35-10-11-37(51)46-39(35)52)49-19-17-47(18-20-49)14-2-3-21-55-33-8-5-27(6-9-33)28-12-15-48(16-13-28)31-7-4-29(25-45)34(23-31)41(42,43)44;/h4-9,22-24,28,35H,2-3,10-21,26H2,1H3,(H,46,51,52);1H. The molecule has 0 aromatic heterocycles. The molecule has 0 aliphatic carbocycles. The highest BCUT2D eigenvalue weighted by atomic mass is 19.4. The number of carbonyl (C=O) groups excluding carboxylic acids is 3. The van der Waals surface area contributed by atoms with Gasteiger partial charge in [0.1, 0.15) is 17.5 Å². The minimum absolute atomic E-state index is 0. The highest BCUT2D eigenvalue weighted by molar-refractivity contribution is 6.06. The van der Waals surface area contributed by atoms with Crippen LogP contribution in [0.25, 0.3) is 0 Å². The molecule has 3 aromatic carbocycles. The molecule has 14 heteroatoms. The molecule has 1 N–H and O–H groups in total. The number of unbranched alkanes of at least 4 members (excludes halogenated alkanes) is 1. The molecule has 1 atom stereocenters. The Bertz CT molecular complexity index is 1960. The minimum atomic E-state index is -4.57. The van der Waals surface area contributed by atoms with E-state index in [9.17, 15) is 27.6 Å². The van der Waals surface area contributed by atoms with E-state index in [0.717, 1.165) is 81.5 Å². The summed E-state index contributed by atoms with van der Waals surface area (Å²) < 4.78 is 52.1.